The zero-order valence-electron chi connectivity index (χ0n) is 8.95. The number of imide groups is 1. The molecule has 0 spiro atoms. The average Bonchev–Trinajstić information content (AvgIpc) is 2.94. The quantitative estimate of drug-likeness (QED) is 0.578. The second-order valence-corrected chi connectivity index (χ2v) is 4.34. The first-order valence-electron chi connectivity index (χ1n) is 5.44. The van der Waals surface area contributed by atoms with E-state index in [-0.39, 0.29) is 24.3 Å². The molecule has 1 saturated heterocycles. The highest BCUT2D eigenvalue weighted by atomic mass is 16.2. The summed E-state index contributed by atoms with van der Waals surface area (Å²) in [6.45, 7) is 1.70. The minimum Gasteiger partial charge on any atom is -0.304 e. The van der Waals surface area contributed by atoms with Gasteiger partial charge in [-0.3, -0.25) is 14.9 Å². The molecule has 1 atom stereocenters. The molecule has 1 aliphatic heterocycles. The van der Waals surface area contributed by atoms with Gasteiger partial charge in [-0.2, -0.15) is 0 Å². The number of nitrogens with zero attached hydrogens (tertiary/aromatic N) is 1. The maximum absolute atomic E-state index is 11.2. The lowest BCUT2D eigenvalue weighted by atomic mass is 10.2. The van der Waals surface area contributed by atoms with E-state index in [1.807, 2.05) is 0 Å². The lowest BCUT2D eigenvalue weighted by Crippen LogP contribution is -2.40. The average molecular weight is 211 g/mol. The summed E-state index contributed by atoms with van der Waals surface area (Å²) in [5.41, 5.74) is 0. The van der Waals surface area contributed by atoms with Gasteiger partial charge < -0.3 is 10.2 Å². The molecular formula is C10H17N3O2. The van der Waals surface area contributed by atoms with Gasteiger partial charge in [-0.05, 0) is 19.9 Å². The molecule has 1 saturated carbocycles. The van der Waals surface area contributed by atoms with Crippen LogP contribution in [0.2, 0.25) is 0 Å². The van der Waals surface area contributed by atoms with Crippen LogP contribution in [0.15, 0.2) is 0 Å². The number of nitrogens with one attached hydrogen (secondary N) is 2. The Balaban J connectivity index is 1.64. The highest BCUT2D eigenvalue weighted by Crippen LogP contribution is 2.24. The van der Waals surface area contributed by atoms with E-state index in [1.54, 1.807) is 0 Å². The summed E-state index contributed by atoms with van der Waals surface area (Å²) in [5, 5.41) is 5.39. The first-order chi connectivity index (χ1) is 7.16. The molecule has 2 rings (SSSR count). The molecule has 0 bridgehead atoms. The summed E-state index contributed by atoms with van der Waals surface area (Å²) >= 11 is 0. The fourth-order valence-electron chi connectivity index (χ4n) is 1.83. The van der Waals surface area contributed by atoms with Crippen molar-refractivity contribution < 1.29 is 9.59 Å². The smallest absolute Gasteiger partial charge is 0.244 e. The summed E-state index contributed by atoms with van der Waals surface area (Å²) < 4.78 is 0. The molecule has 5 nitrogen and oxygen atoms in total. The van der Waals surface area contributed by atoms with E-state index in [1.165, 1.54) is 12.8 Å². The third kappa shape index (κ3) is 2.76. The summed E-state index contributed by atoms with van der Waals surface area (Å²) in [4.78, 5) is 24.4. The van der Waals surface area contributed by atoms with E-state index in [0.29, 0.717) is 0 Å². The Hall–Kier alpha value is -0.940. The van der Waals surface area contributed by atoms with Gasteiger partial charge in [0.05, 0.1) is 12.5 Å². The van der Waals surface area contributed by atoms with Crippen LogP contribution in [0.1, 0.15) is 19.3 Å². The van der Waals surface area contributed by atoms with Crippen molar-refractivity contribution in [3.05, 3.63) is 0 Å². The molecule has 0 aromatic rings. The minimum atomic E-state index is -0.315. The zero-order chi connectivity index (χ0) is 10.8. The molecule has 2 fully saturated rings. The molecule has 2 amide bonds. The van der Waals surface area contributed by atoms with Crippen LogP contribution < -0.4 is 10.6 Å². The SMILES string of the molecule is CN(CCNC1CC(=O)NC1=O)C1CC1. The Morgan fingerprint density at radius 3 is 2.73 bits per heavy atom. The maximum Gasteiger partial charge on any atom is 0.244 e. The van der Waals surface area contributed by atoms with Crippen molar-refractivity contribution in [1.82, 2.24) is 15.5 Å². The van der Waals surface area contributed by atoms with Crippen molar-refractivity contribution >= 4 is 11.8 Å². The lowest BCUT2D eigenvalue weighted by molar-refractivity contribution is -0.125. The van der Waals surface area contributed by atoms with E-state index in [4.69, 9.17) is 0 Å². The number of hydrogen-bond acceptors (Lipinski definition) is 4. The third-order valence-electron chi connectivity index (χ3n) is 2.99. The van der Waals surface area contributed by atoms with Crippen molar-refractivity contribution in [3.63, 3.8) is 0 Å². The zero-order valence-corrected chi connectivity index (χ0v) is 8.95. The summed E-state index contributed by atoms with van der Waals surface area (Å²) in [7, 11) is 2.10. The second kappa shape index (κ2) is 4.28. The van der Waals surface area contributed by atoms with E-state index < -0.39 is 0 Å². The number of carbonyl (C=O) groups excluding carboxylic acids is 2. The normalized spacial score (nSPS) is 26.1. The van der Waals surface area contributed by atoms with Crippen LogP contribution in [-0.4, -0.2) is 48.9 Å². The molecule has 0 aromatic carbocycles. The molecule has 5 heteroatoms. The lowest BCUT2D eigenvalue weighted by Gasteiger charge is -2.17. The van der Waals surface area contributed by atoms with Gasteiger partial charge in [0.25, 0.3) is 0 Å². The third-order valence-corrected chi connectivity index (χ3v) is 2.99. The molecular weight excluding hydrogens is 194 g/mol. The molecule has 1 heterocycles. The van der Waals surface area contributed by atoms with E-state index >= 15 is 0 Å². The number of amides is 2. The number of hydrogen-bond donors (Lipinski definition) is 2. The Bertz CT molecular complexity index is 276. The van der Waals surface area contributed by atoms with Gasteiger partial charge in [-0.1, -0.05) is 0 Å². The van der Waals surface area contributed by atoms with Gasteiger partial charge in [0, 0.05) is 19.1 Å². The Morgan fingerprint density at radius 1 is 1.47 bits per heavy atom. The van der Waals surface area contributed by atoms with Gasteiger partial charge in [0.2, 0.25) is 11.8 Å². The monoisotopic (exact) mass is 211 g/mol. The van der Waals surface area contributed by atoms with Crippen LogP contribution in [0.3, 0.4) is 0 Å². The summed E-state index contributed by atoms with van der Waals surface area (Å²) in [6, 6.07) is 0.427. The first-order valence-corrected chi connectivity index (χ1v) is 5.44. The molecule has 1 unspecified atom stereocenters. The predicted octanol–water partition coefficient (Wildman–Crippen LogP) is -0.915. The topological polar surface area (TPSA) is 61.4 Å². The van der Waals surface area contributed by atoms with Gasteiger partial charge in [0.15, 0.2) is 0 Å². The number of likely N-dealkylation sites (N-methyl/N-ethyl adjacent to an activating group) is 1. The van der Waals surface area contributed by atoms with Gasteiger partial charge in [-0.25, -0.2) is 0 Å². The van der Waals surface area contributed by atoms with Gasteiger partial charge in [0.1, 0.15) is 0 Å². The van der Waals surface area contributed by atoms with Crippen LogP contribution >= 0.6 is 0 Å². The van der Waals surface area contributed by atoms with Crippen molar-refractivity contribution in [2.24, 2.45) is 0 Å². The number of carbonyl (C=O) groups is 2. The molecule has 0 aromatic heterocycles. The van der Waals surface area contributed by atoms with Crippen molar-refractivity contribution in [3.8, 4) is 0 Å². The van der Waals surface area contributed by atoms with Gasteiger partial charge in [-0.15, -0.1) is 0 Å². The Morgan fingerprint density at radius 2 is 2.20 bits per heavy atom. The largest absolute Gasteiger partial charge is 0.304 e. The Labute approximate surface area is 89.2 Å². The van der Waals surface area contributed by atoms with Crippen molar-refractivity contribution in [2.45, 2.75) is 31.3 Å². The number of rotatable bonds is 5. The van der Waals surface area contributed by atoms with Crippen molar-refractivity contribution in [2.75, 3.05) is 20.1 Å². The predicted molar refractivity (Wildman–Crippen MR) is 55.2 cm³/mol. The van der Waals surface area contributed by atoms with E-state index in [0.717, 1.165) is 19.1 Å². The highest BCUT2D eigenvalue weighted by Gasteiger charge is 2.30. The Kier molecular flexibility index (Phi) is 3.02. The first kappa shape index (κ1) is 10.6. The van der Waals surface area contributed by atoms with E-state index in [9.17, 15) is 9.59 Å². The van der Waals surface area contributed by atoms with E-state index in [2.05, 4.69) is 22.6 Å². The maximum atomic E-state index is 11.2. The fraction of sp³-hybridized carbons (Fsp3) is 0.800. The second-order valence-electron chi connectivity index (χ2n) is 4.34. The van der Waals surface area contributed by atoms with Crippen LogP contribution in [0, 0.1) is 0 Å². The molecule has 15 heavy (non-hydrogen) atoms. The summed E-state index contributed by atoms with van der Waals surface area (Å²) in [5.74, 6) is -0.359. The van der Waals surface area contributed by atoms with Crippen molar-refractivity contribution in [1.29, 1.82) is 0 Å². The van der Waals surface area contributed by atoms with Crippen LogP contribution in [0.25, 0.3) is 0 Å². The van der Waals surface area contributed by atoms with Crippen LogP contribution in [0.5, 0.6) is 0 Å². The molecule has 2 aliphatic rings. The summed E-state index contributed by atoms with van der Waals surface area (Å²) in [6.07, 6.45) is 2.86. The van der Waals surface area contributed by atoms with Crippen LogP contribution in [-0.2, 0) is 9.59 Å². The highest BCUT2D eigenvalue weighted by molar-refractivity contribution is 6.05. The van der Waals surface area contributed by atoms with Crippen LogP contribution in [0.4, 0.5) is 0 Å². The molecule has 1 aliphatic carbocycles. The molecule has 84 valence electrons. The standard InChI is InChI=1S/C10H17N3O2/c1-13(7-2-3-7)5-4-11-8-6-9(14)12-10(8)15/h7-8,11H,2-6H2,1H3,(H,12,14,15). The molecule has 2 N–H and O–H groups in total. The minimum absolute atomic E-state index is 0.173. The van der Waals surface area contributed by atoms with Gasteiger partial charge >= 0.3 is 0 Å². The fourth-order valence-corrected chi connectivity index (χ4v) is 1.83. The molecule has 0 radical (unpaired) electrons.